The zero-order valence-electron chi connectivity index (χ0n) is 10.9. The Morgan fingerprint density at radius 1 is 1.21 bits per heavy atom. The summed E-state index contributed by atoms with van der Waals surface area (Å²) < 4.78 is 0. The molecule has 2 N–H and O–H groups in total. The highest BCUT2D eigenvalue weighted by Gasteiger charge is 2.38. The van der Waals surface area contributed by atoms with E-state index in [4.69, 9.17) is 11.6 Å². The van der Waals surface area contributed by atoms with E-state index >= 15 is 0 Å². The molecule has 3 unspecified atom stereocenters. The van der Waals surface area contributed by atoms with Crippen molar-refractivity contribution in [2.75, 3.05) is 5.32 Å². The molecule has 1 saturated heterocycles. The maximum Gasteiger partial charge on any atom is 0.241 e. The average Bonchev–Trinajstić information content (AvgIpc) is 2.85. The summed E-state index contributed by atoms with van der Waals surface area (Å²) in [6.07, 6.45) is 6.07. The molecule has 3 atom stereocenters. The summed E-state index contributed by atoms with van der Waals surface area (Å²) in [5.41, 5.74) is 0.811. The lowest BCUT2D eigenvalue weighted by Gasteiger charge is -2.24. The molecule has 19 heavy (non-hydrogen) atoms. The molecule has 1 aromatic carbocycles. The van der Waals surface area contributed by atoms with Gasteiger partial charge in [0.25, 0.3) is 0 Å². The smallest absolute Gasteiger partial charge is 0.241 e. The minimum Gasteiger partial charge on any atom is -0.325 e. The van der Waals surface area contributed by atoms with Crippen LogP contribution in [0.1, 0.15) is 32.1 Å². The van der Waals surface area contributed by atoms with Crippen molar-refractivity contribution in [1.29, 1.82) is 0 Å². The standard InChI is InChI=1S/C15H19ClN2O/c16-11-5-7-12(8-6-11)17-15(19)14-9-10-3-1-2-4-13(10)18-14/h5-8,10,13-14,18H,1-4,9H2,(H,17,19). The van der Waals surface area contributed by atoms with Crippen molar-refractivity contribution < 1.29 is 4.79 Å². The fourth-order valence-corrected chi connectivity index (χ4v) is 3.41. The predicted molar refractivity (Wildman–Crippen MR) is 77.4 cm³/mol. The van der Waals surface area contributed by atoms with Crippen molar-refractivity contribution in [3.63, 3.8) is 0 Å². The number of carbonyl (C=O) groups is 1. The summed E-state index contributed by atoms with van der Waals surface area (Å²) in [6, 6.07) is 7.76. The summed E-state index contributed by atoms with van der Waals surface area (Å²) >= 11 is 5.83. The van der Waals surface area contributed by atoms with Gasteiger partial charge in [-0.2, -0.15) is 0 Å². The van der Waals surface area contributed by atoms with Crippen LogP contribution < -0.4 is 10.6 Å². The third-order valence-corrected chi connectivity index (χ3v) is 4.54. The Morgan fingerprint density at radius 2 is 1.95 bits per heavy atom. The first-order chi connectivity index (χ1) is 9.22. The Morgan fingerprint density at radius 3 is 2.68 bits per heavy atom. The normalized spacial score (nSPS) is 29.8. The fraction of sp³-hybridized carbons (Fsp3) is 0.533. The van der Waals surface area contributed by atoms with Gasteiger partial charge in [0.05, 0.1) is 6.04 Å². The maximum absolute atomic E-state index is 12.2. The molecule has 1 aliphatic carbocycles. The van der Waals surface area contributed by atoms with Gasteiger partial charge in [0, 0.05) is 16.8 Å². The van der Waals surface area contributed by atoms with Crippen molar-refractivity contribution in [2.24, 2.45) is 5.92 Å². The quantitative estimate of drug-likeness (QED) is 0.872. The number of anilines is 1. The highest BCUT2D eigenvalue weighted by Crippen LogP contribution is 2.33. The van der Waals surface area contributed by atoms with Crippen LogP contribution in [-0.4, -0.2) is 18.0 Å². The molecule has 4 heteroatoms. The van der Waals surface area contributed by atoms with E-state index in [1.54, 1.807) is 12.1 Å². The largest absolute Gasteiger partial charge is 0.325 e. The van der Waals surface area contributed by atoms with E-state index in [-0.39, 0.29) is 11.9 Å². The zero-order chi connectivity index (χ0) is 13.2. The Balaban J connectivity index is 1.60. The molecular formula is C15H19ClN2O. The summed E-state index contributed by atoms with van der Waals surface area (Å²) in [5.74, 6) is 0.770. The van der Waals surface area contributed by atoms with Crippen LogP contribution in [0, 0.1) is 5.92 Å². The molecule has 3 rings (SSSR count). The van der Waals surface area contributed by atoms with E-state index in [1.807, 2.05) is 12.1 Å². The topological polar surface area (TPSA) is 41.1 Å². The van der Waals surface area contributed by atoms with Crippen LogP contribution in [0.2, 0.25) is 5.02 Å². The number of carbonyl (C=O) groups excluding carboxylic acids is 1. The van der Waals surface area contributed by atoms with E-state index in [0.717, 1.165) is 12.1 Å². The van der Waals surface area contributed by atoms with Crippen LogP contribution in [0.5, 0.6) is 0 Å². The Labute approximate surface area is 118 Å². The number of fused-ring (bicyclic) bond motifs is 1. The van der Waals surface area contributed by atoms with Crippen LogP contribution in [0.3, 0.4) is 0 Å². The summed E-state index contributed by atoms with van der Waals surface area (Å²) in [4.78, 5) is 12.2. The second kappa shape index (κ2) is 5.51. The fourth-order valence-electron chi connectivity index (χ4n) is 3.28. The summed E-state index contributed by atoms with van der Waals surface area (Å²) in [5, 5.41) is 7.13. The van der Waals surface area contributed by atoms with Crippen molar-refractivity contribution >= 4 is 23.2 Å². The second-order valence-corrected chi connectivity index (χ2v) is 6.04. The van der Waals surface area contributed by atoms with Crippen molar-refractivity contribution in [2.45, 2.75) is 44.2 Å². The molecule has 0 aromatic heterocycles. The highest BCUT2D eigenvalue weighted by molar-refractivity contribution is 6.30. The van der Waals surface area contributed by atoms with Crippen molar-refractivity contribution in [3.8, 4) is 0 Å². The molecule has 1 aliphatic heterocycles. The molecule has 102 valence electrons. The van der Waals surface area contributed by atoms with Crippen LogP contribution in [0.25, 0.3) is 0 Å². The molecule has 2 fully saturated rings. The molecule has 1 amide bonds. The number of hydrogen-bond acceptors (Lipinski definition) is 2. The monoisotopic (exact) mass is 278 g/mol. The lowest BCUT2D eigenvalue weighted by molar-refractivity contribution is -0.117. The van der Waals surface area contributed by atoms with Gasteiger partial charge in [-0.3, -0.25) is 4.79 Å². The molecular weight excluding hydrogens is 260 g/mol. The van der Waals surface area contributed by atoms with Gasteiger partial charge in [-0.25, -0.2) is 0 Å². The summed E-state index contributed by atoms with van der Waals surface area (Å²) in [7, 11) is 0. The van der Waals surface area contributed by atoms with Gasteiger partial charge in [-0.15, -0.1) is 0 Å². The van der Waals surface area contributed by atoms with Gasteiger partial charge in [0.1, 0.15) is 0 Å². The first-order valence-corrected chi connectivity index (χ1v) is 7.42. The lowest BCUT2D eigenvalue weighted by atomic mass is 9.85. The minimum atomic E-state index is -0.0382. The maximum atomic E-state index is 12.2. The predicted octanol–water partition coefficient (Wildman–Crippen LogP) is 3.20. The molecule has 2 aliphatic rings. The zero-order valence-corrected chi connectivity index (χ0v) is 11.6. The van der Waals surface area contributed by atoms with Gasteiger partial charge >= 0.3 is 0 Å². The molecule has 1 heterocycles. The lowest BCUT2D eigenvalue weighted by Crippen LogP contribution is -2.39. The number of halogens is 1. The van der Waals surface area contributed by atoms with Gasteiger partial charge in [-0.05, 0) is 49.4 Å². The Hall–Kier alpha value is -1.06. The minimum absolute atomic E-state index is 0.0382. The third kappa shape index (κ3) is 2.93. The number of nitrogens with one attached hydrogen (secondary N) is 2. The number of rotatable bonds is 2. The van der Waals surface area contributed by atoms with Gasteiger partial charge < -0.3 is 10.6 Å². The molecule has 0 spiro atoms. The Bertz CT molecular complexity index is 446. The van der Waals surface area contributed by atoms with Crippen LogP contribution in [-0.2, 0) is 4.79 Å². The van der Waals surface area contributed by atoms with Gasteiger partial charge in [-0.1, -0.05) is 24.4 Å². The SMILES string of the molecule is O=C(Nc1ccc(Cl)cc1)C1CC2CCCCC2N1. The van der Waals surface area contributed by atoms with Crippen LogP contribution >= 0.6 is 11.6 Å². The van der Waals surface area contributed by atoms with Crippen molar-refractivity contribution in [3.05, 3.63) is 29.3 Å². The number of benzene rings is 1. The number of amides is 1. The number of hydrogen-bond donors (Lipinski definition) is 2. The van der Waals surface area contributed by atoms with Crippen LogP contribution in [0.15, 0.2) is 24.3 Å². The molecule has 3 nitrogen and oxygen atoms in total. The summed E-state index contributed by atoms with van der Waals surface area (Å²) in [6.45, 7) is 0. The first kappa shape index (κ1) is 12.9. The Kier molecular flexibility index (Phi) is 3.76. The molecule has 0 bridgehead atoms. The van der Waals surface area contributed by atoms with Gasteiger partial charge in [0.2, 0.25) is 5.91 Å². The third-order valence-electron chi connectivity index (χ3n) is 4.29. The molecule has 0 radical (unpaired) electrons. The van der Waals surface area contributed by atoms with E-state index < -0.39 is 0 Å². The van der Waals surface area contributed by atoms with Gasteiger partial charge in [0.15, 0.2) is 0 Å². The van der Waals surface area contributed by atoms with E-state index in [9.17, 15) is 4.79 Å². The molecule has 1 saturated carbocycles. The van der Waals surface area contributed by atoms with E-state index in [1.165, 1.54) is 25.7 Å². The second-order valence-electron chi connectivity index (χ2n) is 5.60. The molecule has 1 aromatic rings. The average molecular weight is 279 g/mol. The first-order valence-electron chi connectivity index (χ1n) is 7.05. The van der Waals surface area contributed by atoms with Crippen molar-refractivity contribution in [1.82, 2.24) is 5.32 Å². The highest BCUT2D eigenvalue weighted by atomic mass is 35.5. The van der Waals surface area contributed by atoms with Crippen LogP contribution in [0.4, 0.5) is 5.69 Å². The van der Waals surface area contributed by atoms with E-state index in [2.05, 4.69) is 10.6 Å². The van der Waals surface area contributed by atoms with E-state index in [0.29, 0.717) is 17.0 Å².